The fourth-order valence-electron chi connectivity index (χ4n) is 1.62. The number of urea groups is 1. The van der Waals surface area contributed by atoms with Gasteiger partial charge in [-0.3, -0.25) is 0 Å². The minimum absolute atomic E-state index is 0.0484. The molecule has 19 heavy (non-hydrogen) atoms. The monoisotopic (exact) mass is 266 g/mol. The zero-order valence-electron chi connectivity index (χ0n) is 11.7. The molecule has 106 valence electrons. The van der Waals surface area contributed by atoms with Crippen molar-refractivity contribution < 1.29 is 14.6 Å². The number of methoxy groups -OCH3 is 1. The van der Waals surface area contributed by atoms with Gasteiger partial charge in [0.2, 0.25) is 0 Å². The molecule has 0 fully saturated rings. The zero-order valence-corrected chi connectivity index (χ0v) is 11.7. The second-order valence-electron chi connectivity index (χ2n) is 4.55. The minimum atomic E-state index is -0.196. The average Bonchev–Trinajstić information content (AvgIpc) is 2.44. The van der Waals surface area contributed by atoms with Gasteiger partial charge >= 0.3 is 6.03 Å². The quantitative estimate of drug-likeness (QED) is 0.817. The number of carbonyl (C=O) groups excluding carboxylic acids is 1. The molecule has 0 aliphatic carbocycles. The van der Waals surface area contributed by atoms with Gasteiger partial charge in [-0.25, -0.2) is 4.79 Å². The van der Waals surface area contributed by atoms with E-state index in [1.165, 1.54) is 4.90 Å². The van der Waals surface area contributed by atoms with E-state index in [1.807, 2.05) is 24.3 Å². The SMILES string of the molecule is COCc1cccc(CNC(=O)N(C)C(C)CO)c1. The Kier molecular flexibility index (Phi) is 6.32. The van der Waals surface area contributed by atoms with Crippen molar-refractivity contribution in [1.29, 1.82) is 0 Å². The molecule has 0 radical (unpaired) electrons. The van der Waals surface area contributed by atoms with Crippen LogP contribution in [-0.4, -0.2) is 42.8 Å². The van der Waals surface area contributed by atoms with Crippen LogP contribution in [0, 0.1) is 0 Å². The fraction of sp³-hybridized carbons (Fsp3) is 0.500. The Labute approximate surface area is 114 Å². The molecule has 0 aromatic heterocycles. The van der Waals surface area contributed by atoms with Crippen molar-refractivity contribution in [2.24, 2.45) is 0 Å². The first kappa shape index (κ1) is 15.5. The number of benzene rings is 1. The van der Waals surface area contributed by atoms with Crippen LogP contribution in [0.3, 0.4) is 0 Å². The molecule has 5 heteroatoms. The number of nitrogens with zero attached hydrogens (tertiary/aromatic N) is 1. The summed E-state index contributed by atoms with van der Waals surface area (Å²) in [5, 5.41) is 11.8. The van der Waals surface area contributed by atoms with Crippen LogP contribution in [0.2, 0.25) is 0 Å². The van der Waals surface area contributed by atoms with Crippen LogP contribution in [0.15, 0.2) is 24.3 Å². The normalized spacial score (nSPS) is 12.0. The van der Waals surface area contributed by atoms with Gasteiger partial charge in [-0.15, -0.1) is 0 Å². The standard InChI is InChI=1S/C14H22N2O3/c1-11(9-17)16(2)14(18)15-8-12-5-4-6-13(7-12)10-19-3/h4-7,11,17H,8-10H2,1-3H3,(H,15,18). The highest BCUT2D eigenvalue weighted by molar-refractivity contribution is 5.74. The molecule has 2 amide bonds. The van der Waals surface area contributed by atoms with Crippen LogP contribution < -0.4 is 5.32 Å². The Morgan fingerprint density at radius 3 is 2.79 bits per heavy atom. The number of ether oxygens (including phenoxy) is 1. The summed E-state index contributed by atoms with van der Waals surface area (Å²) in [6, 6.07) is 7.48. The van der Waals surface area contributed by atoms with E-state index in [2.05, 4.69) is 5.32 Å². The van der Waals surface area contributed by atoms with E-state index in [0.717, 1.165) is 11.1 Å². The molecule has 0 spiro atoms. The summed E-state index contributed by atoms with van der Waals surface area (Å²) in [6.45, 7) is 2.76. The van der Waals surface area contributed by atoms with Crippen molar-refractivity contribution in [3.8, 4) is 0 Å². The van der Waals surface area contributed by atoms with Crippen LogP contribution in [0.1, 0.15) is 18.1 Å². The fourth-order valence-corrected chi connectivity index (χ4v) is 1.62. The summed E-state index contributed by atoms with van der Waals surface area (Å²) in [5.74, 6) is 0. The van der Waals surface area contributed by atoms with E-state index >= 15 is 0 Å². The highest BCUT2D eigenvalue weighted by atomic mass is 16.5. The highest BCUT2D eigenvalue weighted by Gasteiger charge is 2.13. The van der Waals surface area contributed by atoms with Gasteiger partial charge < -0.3 is 20.1 Å². The molecule has 1 aromatic carbocycles. The molecule has 1 aromatic rings. The van der Waals surface area contributed by atoms with E-state index < -0.39 is 0 Å². The Balaban J connectivity index is 2.52. The zero-order chi connectivity index (χ0) is 14.3. The molecular formula is C14H22N2O3. The van der Waals surface area contributed by atoms with Gasteiger partial charge in [-0.1, -0.05) is 24.3 Å². The number of amides is 2. The van der Waals surface area contributed by atoms with Crippen LogP contribution in [0.4, 0.5) is 4.79 Å². The molecule has 1 unspecified atom stereocenters. The molecule has 5 nitrogen and oxygen atoms in total. The van der Waals surface area contributed by atoms with Crippen LogP contribution in [-0.2, 0) is 17.9 Å². The Morgan fingerprint density at radius 1 is 1.47 bits per heavy atom. The first-order valence-corrected chi connectivity index (χ1v) is 6.26. The van der Waals surface area contributed by atoms with E-state index in [4.69, 9.17) is 9.84 Å². The Hall–Kier alpha value is -1.59. The number of hydrogen-bond acceptors (Lipinski definition) is 3. The van der Waals surface area contributed by atoms with Gasteiger partial charge in [0.25, 0.3) is 0 Å². The number of aliphatic hydroxyl groups excluding tert-OH is 1. The smallest absolute Gasteiger partial charge is 0.317 e. The topological polar surface area (TPSA) is 61.8 Å². The maximum atomic E-state index is 11.8. The molecule has 0 saturated carbocycles. The van der Waals surface area contributed by atoms with E-state index in [1.54, 1.807) is 21.1 Å². The number of likely N-dealkylation sites (N-methyl/N-ethyl adjacent to an activating group) is 1. The molecule has 1 atom stereocenters. The number of carbonyl (C=O) groups is 1. The van der Waals surface area contributed by atoms with Crippen LogP contribution >= 0.6 is 0 Å². The minimum Gasteiger partial charge on any atom is -0.394 e. The maximum absolute atomic E-state index is 11.8. The lowest BCUT2D eigenvalue weighted by Crippen LogP contribution is -2.43. The second kappa shape index (κ2) is 7.76. The molecular weight excluding hydrogens is 244 g/mol. The largest absolute Gasteiger partial charge is 0.394 e. The first-order chi connectivity index (χ1) is 9.08. The molecule has 0 aliphatic heterocycles. The lowest BCUT2D eigenvalue weighted by Gasteiger charge is -2.23. The lowest BCUT2D eigenvalue weighted by molar-refractivity contribution is 0.157. The Morgan fingerprint density at radius 2 is 2.16 bits per heavy atom. The van der Waals surface area contributed by atoms with Crippen molar-refractivity contribution in [3.63, 3.8) is 0 Å². The van der Waals surface area contributed by atoms with Gasteiger partial charge in [0.1, 0.15) is 0 Å². The predicted molar refractivity (Wildman–Crippen MR) is 73.7 cm³/mol. The molecule has 1 rings (SSSR count). The average molecular weight is 266 g/mol. The summed E-state index contributed by atoms with van der Waals surface area (Å²) in [6.07, 6.45) is 0. The van der Waals surface area contributed by atoms with E-state index in [-0.39, 0.29) is 18.7 Å². The predicted octanol–water partition coefficient (Wildman–Crippen LogP) is 1.36. The summed E-state index contributed by atoms with van der Waals surface area (Å²) in [4.78, 5) is 13.3. The van der Waals surface area contributed by atoms with Crippen molar-refractivity contribution in [1.82, 2.24) is 10.2 Å². The molecule has 0 aliphatic rings. The highest BCUT2D eigenvalue weighted by Crippen LogP contribution is 2.06. The summed E-state index contributed by atoms with van der Waals surface area (Å²) in [5.41, 5.74) is 2.10. The number of hydrogen-bond donors (Lipinski definition) is 2. The number of rotatable bonds is 6. The third kappa shape index (κ3) is 4.89. The van der Waals surface area contributed by atoms with E-state index in [0.29, 0.717) is 13.2 Å². The maximum Gasteiger partial charge on any atom is 0.317 e. The van der Waals surface area contributed by atoms with Crippen LogP contribution in [0.5, 0.6) is 0 Å². The van der Waals surface area contributed by atoms with E-state index in [9.17, 15) is 4.79 Å². The van der Waals surface area contributed by atoms with Crippen molar-refractivity contribution in [2.75, 3.05) is 20.8 Å². The number of aliphatic hydroxyl groups is 1. The molecule has 2 N–H and O–H groups in total. The van der Waals surface area contributed by atoms with Gasteiger partial charge in [-0.05, 0) is 18.1 Å². The molecule has 0 bridgehead atoms. The summed E-state index contributed by atoms with van der Waals surface area (Å²) >= 11 is 0. The second-order valence-corrected chi connectivity index (χ2v) is 4.55. The van der Waals surface area contributed by atoms with Gasteiger partial charge in [0.15, 0.2) is 0 Å². The Bertz CT molecular complexity index is 409. The van der Waals surface area contributed by atoms with Gasteiger partial charge in [0.05, 0.1) is 19.3 Å². The van der Waals surface area contributed by atoms with Crippen molar-refractivity contribution in [2.45, 2.75) is 26.1 Å². The summed E-state index contributed by atoms with van der Waals surface area (Å²) in [7, 11) is 3.32. The van der Waals surface area contributed by atoms with Crippen molar-refractivity contribution >= 4 is 6.03 Å². The third-order valence-electron chi connectivity index (χ3n) is 2.99. The number of nitrogens with one attached hydrogen (secondary N) is 1. The van der Waals surface area contributed by atoms with Gasteiger partial charge in [-0.2, -0.15) is 0 Å². The van der Waals surface area contributed by atoms with Crippen molar-refractivity contribution in [3.05, 3.63) is 35.4 Å². The molecule has 0 saturated heterocycles. The third-order valence-corrected chi connectivity index (χ3v) is 2.99. The van der Waals surface area contributed by atoms with Gasteiger partial charge in [0, 0.05) is 20.7 Å². The van der Waals surface area contributed by atoms with Crippen LogP contribution in [0.25, 0.3) is 0 Å². The first-order valence-electron chi connectivity index (χ1n) is 6.26. The lowest BCUT2D eigenvalue weighted by atomic mass is 10.1. The molecule has 0 heterocycles. The summed E-state index contributed by atoms with van der Waals surface area (Å²) < 4.78 is 5.07.